The third-order valence-corrected chi connectivity index (χ3v) is 2.64. The van der Waals surface area contributed by atoms with Gasteiger partial charge in [0.25, 0.3) is 0 Å². The molecule has 0 aliphatic carbocycles. The normalized spacial score (nSPS) is 18.2. The van der Waals surface area contributed by atoms with Gasteiger partial charge in [-0.2, -0.15) is 0 Å². The summed E-state index contributed by atoms with van der Waals surface area (Å²) in [6.07, 6.45) is 1.33. The van der Waals surface area contributed by atoms with Crippen LogP contribution < -0.4 is 10.6 Å². The third kappa shape index (κ3) is 1.68. The van der Waals surface area contributed by atoms with Gasteiger partial charge in [0, 0.05) is 24.8 Å². The van der Waals surface area contributed by atoms with E-state index in [2.05, 4.69) is 29.2 Å². The Bertz CT molecular complexity index is 273. The summed E-state index contributed by atoms with van der Waals surface area (Å²) in [5.74, 6) is 0. The Labute approximate surface area is 79.4 Å². The Balaban J connectivity index is 2.13. The molecule has 1 fully saturated rings. The molecule has 0 amide bonds. The molecule has 1 aliphatic heterocycles. The molecule has 1 saturated heterocycles. The van der Waals surface area contributed by atoms with Gasteiger partial charge in [-0.25, -0.2) is 0 Å². The van der Waals surface area contributed by atoms with Crippen LogP contribution in [0.15, 0.2) is 24.3 Å². The summed E-state index contributed by atoms with van der Waals surface area (Å²) in [6.45, 7) is 4.42. The molecule has 0 bridgehead atoms. The summed E-state index contributed by atoms with van der Waals surface area (Å²) in [6, 6.07) is 8.72. The minimum absolute atomic E-state index is 0.144. The van der Waals surface area contributed by atoms with Crippen molar-refractivity contribution in [2.75, 3.05) is 18.0 Å². The number of nitrogens with zero attached hydrogens (tertiary/aromatic N) is 1. The van der Waals surface area contributed by atoms with E-state index >= 15 is 0 Å². The van der Waals surface area contributed by atoms with Crippen molar-refractivity contribution in [3.63, 3.8) is 0 Å². The van der Waals surface area contributed by atoms with E-state index in [9.17, 15) is 0 Å². The smallest absolute Gasteiger partial charge is 0.0366 e. The predicted octanol–water partition coefficient (Wildman–Crippen LogP) is 1.92. The fourth-order valence-corrected chi connectivity index (χ4v) is 1.56. The number of rotatable bonds is 2. The molecule has 2 heteroatoms. The van der Waals surface area contributed by atoms with Crippen molar-refractivity contribution in [2.24, 2.45) is 5.73 Å². The lowest BCUT2D eigenvalue weighted by Gasteiger charge is -2.33. The van der Waals surface area contributed by atoms with Crippen LogP contribution in [0.4, 0.5) is 5.69 Å². The zero-order valence-electron chi connectivity index (χ0n) is 8.03. The zero-order chi connectivity index (χ0) is 9.26. The van der Waals surface area contributed by atoms with E-state index in [-0.39, 0.29) is 6.04 Å². The Hall–Kier alpha value is -1.02. The molecule has 0 unspecified atom stereocenters. The Morgan fingerprint density at radius 2 is 1.85 bits per heavy atom. The topological polar surface area (TPSA) is 29.3 Å². The summed E-state index contributed by atoms with van der Waals surface area (Å²) in [5, 5.41) is 0. The fourth-order valence-electron chi connectivity index (χ4n) is 1.56. The average molecular weight is 176 g/mol. The third-order valence-electron chi connectivity index (χ3n) is 2.64. The SMILES string of the molecule is C[C@@H](N)c1ccc(N2CCC2)cc1. The van der Waals surface area contributed by atoms with Gasteiger partial charge in [0.15, 0.2) is 0 Å². The van der Waals surface area contributed by atoms with Gasteiger partial charge in [0.05, 0.1) is 0 Å². The van der Waals surface area contributed by atoms with Crippen molar-refractivity contribution >= 4 is 5.69 Å². The van der Waals surface area contributed by atoms with E-state index < -0.39 is 0 Å². The Morgan fingerprint density at radius 3 is 2.23 bits per heavy atom. The summed E-state index contributed by atoms with van der Waals surface area (Å²) < 4.78 is 0. The first kappa shape index (κ1) is 8.57. The van der Waals surface area contributed by atoms with Crippen molar-refractivity contribution in [2.45, 2.75) is 19.4 Å². The second kappa shape index (κ2) is 3.38. The number of hydrogen-bond donors (Lipinski definition) is 1. The minimum atomic E-state index is 0.144. The molecule has 13 heavy (non-hydrogen) atoms. The summed E-state index contributed by atoms with van der Waals surface area (Å²) in [7, 11) is 0. The first-order chi connectivity index (χ1) is 6.27. The maximum Gasteiger partial charge on any atom is 0.0366 e. The summed E-state index contributed by atoms with van der Waals surface area (Å²) in [5.41, 5.74) is 8.31. The predicted molar refractivity (Wildman–Crippen MR) is 55.9 cm³/mol. The fraction of sp³-hybridized carbons (Fsp3) is 0.455. The maximum atomic E-state index is 5.77. The van der Waals surface area contributed by atoms with Gasteiger partial charge in [-0.15, -0.1) is 0 Å². The standard InChI is InChI=1S/C11H16N2/c1-9(12)10-3-5-11(6-4-10)13-7-2-8-13/h3-6,9H,2,7-8,12H2,1H3/t9-/m1/s1. The van der Waals surface area contributed by atoms with E-state index in [0.717, 1.165) is 0 Å². The second-order valence-electron chi connectivity index (χ2n) is 3.72. The highest BCUT2D eigenvalue weighted by Gasteiger charge is 2.13. The van der Waals surface area contributed by atoms with Gasteiger partial charge in [-0.3, -0.25) is 0 Å². The van der Waals surface area contributed by atoms with Gasteiger partial charge in [-0.1, -0.05) is 12.1 Å². The molecule has 1 aromatic carbocycles. The minimum Gasteiger partial charge on any atom is -0.371 e. The highest BCUT2D eigenvalue weighted by Crippen LogP contribution is 2.22. The molecule has 2 nitrogen and oxygen atoms in total. The molecule has 2 rings (SSSR count). The molecule has 0 spiro atoms. The van der Waals surface area contributed by atoms with E-state index in [1.165, 1.54) is 30.8 Å². The molecule has 1 aromatic rings. The van der Waals surface area contributed by atoms with Crippen LogP contribution in [0, 0.1) is 0 Å². The summed E-state index contributed by atoms with van der Waals surface area (Å²) >= 11 is 0. The van der Waals surface area contributed by atoms with Gasteiger partial charge in [0.2, 0.25) is 0 Å². The number of benzene rings is 1. The molecule has 0 aromatic heterocycles. The number of anilines is 1. The zero-order valence-corrected chi connectivity index (χ0v) is 8.03. The van der Waals surface area contributed by atoms with Crippen LogP contribution in [0.1, 0.15) is 24.9 Å². The Morgan fingerprint density at radius 1 is 1.23 bits per heavy atom. The van der Waals surface area contributed by atoms with E-state index in [1.807, 2.05) is 6.92 Å². The molecule has 2 N–H and O–H groups in total. The van der Waals surface area contributed by atoms with Gasteiger partial charge in [0.1, 0.15) is 0 Å². The molecule has 1 heterocycles. The van der Waals surface area contributed by atoms with Crippen molar-refractivity contribution in [3.8, 4) is 0 Å². The lowest BCUT2D eigenvalue weighted by molar-refractivity contribution is 0.617. The van der Waals surface area contributed by atoms with Crippen molar-refractivity contribution in [1.29, 1.82) is 0 Å². The second-order valence-corrected chi connectivity index (χ2v) is 3.72. The van der Waals surface area contributed by atoms with Crippen LogP contribution >= 0.6 is 0 Å². The first-order valence-electron chi connectivity index (χ1n) is 4.88. The lowest BCUT2D eigenvalue weighted by atomic mass is 10.1. The van der Waals surface area contributed by atoms with Crippen LogP contribution in [-0.2, 0) is 0 Å². The average Bonchev–Trinajstić information content (AvgIpc) is 2.02. The van der Waals surface area contributed by atoms with Crippen LogP contribution in [0.2, 0.25) is 0 Å². The van der Waals surface area contributed by atoms with Gasteiger partial charge in [-0.05, 0) is 31.0 Å². The van der Waals surface area contributed by atoms with Crippen molar-refractivity contribution < 1.29 is 0 Å². The first-order valence-corrected chi connectivity index (χ1v) is 4.88. The Kier molecular flexibility index (Phi) is 2.23. The van der Waals surface area contributed by atoms with E-state index in [0.29, 0.717) is 0 Å². The van der Waals surface area contributed by atoms with Crippen molar-refractivity contribution in [3.05, 3.63) is 29.8 Å². The van der Waals surface area contributed by atoms with Crippen LogP contribution in [0.3, 0.4) is 0 Å². The van der Waals surface area contributed by atoms with E-state index in [1.54, 1.807) is 0 Å². The number of nitrogens with two attached hydrogens (primary N) is 1. The quantitative estimate of drug-likeness (QED) is 0.746. The van der Waals surface area contributed by atoms with E-state index in [4.69, 9.17) is 5.73 Å². The van der Waals surface area contributed by atoms with Crippen molar-refractivity contribution in [1.82, 2.24) is 0 Å². The molecule has 70 valence electrons. The highest BCUT2D eigenvalue weighted by molar-refractivity contribution is 5.49. The molecule has 0 radical (unpaired) electrons. The summed E-state index contributed by atoms with van der Waals surface area (Å²) in [4.78, 5) is 2.38. The van der Waals surface area contributed by atoms with Crippen LogP contribution in [-0.4, -0.2) is 13.1 Å². The van der Waals surface area contributed by atoms with Crippen LogP contribution in [0.25, 0.3) is 0 Å². The van der Waals surface area contributed by atoms with Gasteiger partial charge < -0.3 is 10.6 Å². The largest absolute Gasteiger partial charge is 0.371 e. The number of hydrogen-bond acceptors (Lipinski definition) is 2. The highest BCUT2D eigenvalue weighted by atomic mass is 15.2. The maximum absolute atomic E-state index is 5.77. The molecule has 0 saturated carbocycles. The molecule has 1 aliphatic rings. The lowest BCUT2D eigenvalue weighted by Crippen LogP contribution is -2.36. The van der Waals surface area contributed by atoms with Gasteiger partial charge >= 0.3 is 0 Å². The molecular formula is C11H16N2. The molecule has 1 atom stereocenters. The molecular weight excluding hydrogens is 160 g/mol. The van der Waals surface area contributed by atoms with Crippen LogP contribution in [0.5, 0.6) is 0 Å². The monoisotopic (exact) mass is 176 g/mol.